The molecule has 0 unspecified atom stereocenters. The standard InChI is InChI=1S/C14H14N2O2.4C11H9Cl.4C10H9N.C9H8N2.C8H9FN2O.C7H8/c1-10-3-4-12(18-2)9-13(10)14(17)16-11-5-7-15-8-6-11;1-8-2-3-10-7-11(12)5-4-9(10)6-8;1-8-2-3-9-4-5-11(12)7-10(9)6-8;1-8-3-2-4-9-7-10(12)5-6-11(8)9;1-8-3-2-4-9-5-6-10(12)7-11(8)9;1-8-4-5-10-9(7-8)3-2-6-11-10;1-8-4-5-9-3-2-6-11-10(9)7-8;1-8-6-9-4-2-3-5-10(9)11-7-8;1-8-6-7-11-10-5-3-2-4-9(8)10;1-7-2-3-8-9(6-7)11-5-4-10-8;1-5-2-3-7(9)6(4-5)8(10)11-12;1-7-5-3-2-4-6-7/h3-9H,1-2H3,(H,15,16,17);4*2-7H,1H3;4*2-7H,1H3;2-6H,1H3;2-4,12H,1H3,(H2,10,11);2-6H,1H3. The third-order valence-electron chi connectivity index (χ3n) is 21.9. The van der Waals surface area contributed by atoms with E-state index >= 15 is 0 Å². The molecule has 18 heteroatoms. The van der Waals surface area contributed by atoms with Crippen LogP contribution < -0.4 is 15.8 Å². The molecule has 0 spiro atoms. The van der Waals surface area contributed by atoms with Crippen LogP contribution in [0.1, 0.15) is 82.7 Å². The molecule has 16 aromatic carbocycles. The second kappa shape index (κ2) is 53.7. The van der Waals surface area contributed by atoms with Gasteiger partial charge in [-0.1, -0.05) is 292 Å². The van der Waals surface area contributed by atoms with Gasteiger partial charge >= 0.3 is 0 Å². The number of ether oxygens (including phenoxy) is 1. The molecule has 0 bridgehead atoms. The first-order valence-electron chi connectivity index (χ1n) is 45.3. The van der Waals surface area contributed by atoms with Gasteiger partial charge in [-0.3, -0.25) is 39.7 Å². The summed E-state index contributed by atoms with van der Waals surface area (Å²) in [7, 11) is 1.58. The summed E-state index contributed by atoms with van der Waals surface area (Å²) < 4.78 is 18.1. The molecule has 0 atom stereocenters. The second-order valence-electron chi connectivity index (χ2n) is 33.2. The Labute approximate surface area is 839 Å². The van der Waals surface area contributed by atoms with Crippen molar-refractivity contribution in [2.75, 3.05) is 12.4 Å². The molecular formula is C122H111Cl4FN10O3. The lowest BCUT2D eigenvalue weighted by Gasteiger charge is -2.09. The van der Waals surface area contributed by atoms with Gasteiger partial charge in [0.1, 0.15) is 11.6 Å². The van der Waals surface area contributed by atoms with Crippen LogP contribution in [0.5, 0.6) is 5.75 Å². The number of hydrogen-bond donors (Lipinski definition) is 3. The van der Waals surface area contributed by atoms with Gasteiger partial charge in [0, 0.05) is 102 Å². The summed E-state index contributed by atoms with van der Waals surface area (Å²) in [6, 6.07) is 120. The van der Waals surface area contributed by atoms with E-state index < -0.39 is 5.82 Å². The first-order chi connectivity index (χ1) is 67.6. The molecule has 22 aromatic rings. The summed E-state index contributed by atoms with van der Waals surface area (Å²) >= 11 is 23.5. The molecular weight excluding hydrogens is 1810 g/mol. The van der Waals surface area contributed by atoms with Crippen LogP contribution in [0.2, 0.25) is 20.1 Å². The largest absolute Gasteiger partial charge is 0.497 e. The van der Waals surface area contributed by atoms with Crippen molar-refractivity contribution in [2.24, 2.45) is 10.9 Å². The smallest absolute Gasteiger partial charge is 0.256 e. The minimum Gasteiger partial charge on any atom is -0.497 e. The van der Waals surface area contributed by atoms with Crippen molar-refractivity contribution >= 4 is 162 Å². The topological polar surface area (TPSA) is 187 Å². The Morgan fingerprint density at radius 3 is 1.42 bits per heavy atom. The number of methoxy groups -OCH3 is 1. The molecule has 0 radical (unpaired) electrons. The van der Waals surface area contributed by atoms with E-state index in [0.717, 1.165) is 70.0 Å². The molecule has 6 heterocycles. The number of amidine groups is 1. The maximum atomic E-state index is 12.9. The molecule has 6 aromatic heterocycles. The van der Waals surface area contributed by atoms with E-state index in [1.165, 1.54) is 132 Å². The van der Waals surface area contributed by atoms with E-state index in [1.54, 1.807) is 63.1 Å². The van der Waals surface area contributed by atoms with Gasteiger partial charge in [0.2, 0.25) is 0 Å². The fourth-order valence-corrected chi connectivity index (χ4v) is 15.1. The third kappa shape index (κ3) is 33.1. The molecule has 140 heavy (non-hydrogen) atoms. The zero-order valence-electron chi connectivity index (χ0n) is 80.6. The number of oxime groups is 1. The number of rotatable bonds is 4. The van der Waals surface area contributed by atoms with Crippen molar-refractivity contribution in [3.8, 4) is 5.75 Å². The van der Waals surface area contributed by atoms with Crippen LogP contribution in [0.4, 0.5) is 10.1 Å². The summed E-state index contributed by atoms with van der Waals surface area (Å²) in [4.78, 5) is 41.3. The molecule has 13 nitrogen and oxygen atoms in total. The fraction of sp³-hybridized carbons (Fsp3) is 0.107. The third-order valence-corrected chi connectivity index (χ3v) is 22.8. The van der Waals surface area contributed by atoms with Crippen molar-refractivity contribution in [1.82, 2.24) is 34.9 Å². The van der Waals surface area contributed by atoms with Crippen molar-refractivity contribution in [3.63, 3.8) is 0 Å². The summed E-state index contributed by atoms with van der Waals surface area (Å²) in [6.07, 6.45) is 14.1. The van der Waals surface area contributed by atoms with Gasteiger partial charge < -0.3 is 21.0 Å². The number of carbonyl (C=O) groups is 1. The lowest BCUT2D eigenvalue weighted by molar-refractivity contribution is 0.102. The van der Waals surface area contributed by atoms with Gasteiger partial charge in [-0.25, -0.2) is 4.39 Å². The quantitative estimate of drug-likeness (QED) is 0.0659. The Bertz CT molecular complexity index is 7470. The number of fused-ring (bicyclic) bond motifs is 9. The molecule has 0 aliphatic carbocycles. The normalized spacial score (nSPS) is 10.3. The SMILES string of the molecule is COc1ccc(C)c(C(=O)Nc2ccncc2)c1.Cc1ccc(F)c(C(N)=NO)c1.Cc1ccc2cc(Cl)ccc2c1.Cc1ccc2ccc(Cl)cc2c1.Cc1ccc2cccnc2c1.Cc1ccc2ncccc2c1.Cc1ccc2nccnc2c1.Cc1cccc2cc(Cl)ccc12.Cc1cccc2ccc(Cl)cc12.Cc1ccccc1.Cc1ccnc2ccccc12.Cc1cnc2ccccc2c1. The Balaban J connectivity index is 0.000000147. The number of pyridine rings is 5. The number of amides is 1. The van der Waals surface area contributed by atoms with Gasteiger partial charge in [0.15, 0.2) is 5.84 Å². The number of para-hydroxylation sites is 2. The van der Waals surface area contributed by atoms with Crippen molar-refractivity contribution in [2.45, 2.75) is 83.1 Å². The average molecular weight is 1930 g/mol. The lowest BCUT2D eigenvalue weighted by Crippen LogP contribution is -2.15. The number of aryl methyl sites for hydroxylation is 12. The van der Waals surface area contributed by atoms with Crippen LogP contribution >= 0.6 is 46.4 Å². The molecule has 702 valence electrons. The maximum Gasteiger partial charge on any atom is 0.256 e. The fourth-order valence-electron chi connectivity index (χ4n) is 14.4. The van der Waals surface area contributed by atoms with Crippen molar-refractivity contribution in [3.05, 3.63) is 517 Å². The predicted octanol–water partition coefficient (Wildman–Crippen LogP) is 33.2. The van der Waals surface area contributed by atoms with E-state index in [1.807, 2.05) is 221 Å². The number of hydrogen-bond acceptors (Lipinski definition) is 11. The molecule has 0 saturated carbocycles. The Kier molecular flexibility index (Phi) is 40.2. The Morgan fingerprint density at radius 1 is 0.300 bits per heavy atom. The number of benzene rings is 16. The van der Waals surface area contributed by atoms with E-state index in [-0.39, 0.29) is 17.3 Å². The van der Waals surface area contributed by atoms with Gasteiger partial charge in [0.25, 0.3) is 5.91 Å². The highest BCUT2D eigenvalue weighted by Gasteiger charge is 2.12. The van der Waals surface area contributed by atoms with Crippen LogP contribution in [0.15, 0.2) is 419 Å². The van der Waals surface area contributed by atoms with Gasteiger partial charge in [-0.2, -0.15) is 0 Å². The van der Waals surface area contributed by atoms with Gasteiger partial charge in [0.05, 0.1) is 45.8 Å². The van der Waals surface area contributed by atoms with E-state index in [0.29, 0.717) is 11.3 Å². The maximum absolute atomic E-state index is 12.9. The summed E-state index contributed by atoms with van der Waals surface area (Å²) in [5.74, 6) is -0.190. The highest BCUT2D eigenvalue weighted by Crippen LogP contribution is 2.28. The van der Waals surface area contributed by atoms with Crippen LogP contribution in [0, 0.1) is 88.9 Å². The molecule has 4 N–H and O–H groups in total. The monoisotopic (exact) mass is 1920 g/mol. The first kappa shape index (κ1) is 105. The average Bonchev–Trinajstić information content (AvgIpc) is 0.825. The number of nitrogens with two attached hydrogens (primary N) is 1. The number of carbonyl (C=O) groups excluding carboxylic acids is 1. The second-order valence-corrected chi connectivity index (χ2v) is 34.9. The van der Waals surface area contributed by atoms with Gasteiger partial charge in [-0.15, -0.1) is 0 Å². The van der Waals surface area contributed by atoms with Crippen LogP contribution in [0.25, 0.3) is 97.7 Å². The number of halogens is 5. The minimum atomic E-state index is -0.490. The van der Waals surface area contributed by atoms with E-state index in [9.17, 15) is 9.18 Å². The van der Waals surface area contributed by atoms with Crippen LogP contribution in [-0.4, -0.2) is 58.9 Å². The van der Waals surface area contributed by atoms with E-state index in [4.69, 9.17) is 62.1 Å². The van der Waals surface area contributed by atoms with Crippen molar-refractivity contribution in [1.29, 1.82) is 0 Å². The zero-order valence-corrected chi connectivity index (χ0v) is 83.6. The van der Waals surface area contributed by atoms with Crippen molar-refractivity contribution < 1.29 is 19.1 Å². The van der Waals surface area contributed by atoms with E-state index in [2.05, 4.69) is 253 Å². The summed E-state index contributed by atoms with van der Waals surface area (Å²) in [5.41, 5.74) is 27.3. The first-order valence-corrected chi connectivity index (χ1v) is 46.8. The molecule has 1 amide bonds. The van der Waals surface area contributed by atoms with Gasteiger partial charge in [-0.05, 0) is 317 Å². The number of nitrogens with zero attached hydrogens (tertiary/aromatic N) is 8. The van der Waals surface area contributed by atoms with Crippen LogP contribution in [-0.2, 0) is 0 Å². The number of anilines is 1. The minimum absolute atomic E-state index is 0.123. The Hall–Kier alpha value is -15.7. The summed E-state index contributed by atoms with van der Waals surface area (Å²) in [5, 5.41) is 31.8. The summed E-state index contributed by atoms with van der Waals surface area (Å²) in [6.45, 7) is 24.5. The predicted molar refractivity (Wildman–Crippen MR) is 590 cm³/mol. The highest BCUT2D eigenvalue weighted by atomic mass is 35.5. The highest BCUT2D eigenvalue weighted by molar-refractivity contribution is 6.32. The molecule has 22 rings (SSSR count). The molecule has 0 aliphatic rings. The number of aromatic nitrogens is 7. The Morgan fingerprint density at radius 2 is 0.757 bits per heavy atom. The zero-order chi connectivity index (χ0) is 99.8. The lowest BCUT2D eigenvalue weighted by atomic mass is 10.1. The molecule has 0 fully saturated rings. The van der Waals surface area contributed by atoms with Crippen LogP contribution in [0.3, 0.4) is 0 Å². The molecule has 0 saturated heterocycles. The molecule has 0 aliphatic heterocycles. The number of nitrogens with one attached hydrogen (secondary N) is 1.